The summed E-state index contributed by atoms with van der Waals surface area (Å²) in [4.78, 5) is 26.2. The Balaban J connectivity index is 2.05. The Hall–Kier alpha value is -3.44. The first-order valence-corrected chi connectivity index (χ1v) is 7.37. The van der Waals surface area contributed by atoms with Crippen molar-refractivity contribution in [2.24, 2.45) is 0 Å². The Kier molecular flexibility index (Phi) is 6.03. The van der Waals surface area contributed by atoms with Crippen LogP contribution in [0.3, 0.4) is 0 Å². The van der Waals surface area contributed by atoms with Crippen molar-refractivity contribution in [1.29, 1.82) is 5.26 Å². The minimum atomic E-state index is -0.622. The van der Waals surface area contributed by atoms with E-state index < -0.39 is 10.8 Å². The van der Waals surface area contributed by atoms with Gasteiger partial charge in [0.05, 0.1) is 4.92 Å². The van der Waals surface area contributed by atoms with Crippen molar-refractivity contribution in [2.75, 3.05) is 5.32 Å². The average Bonchev–Trinajstić information content (AvgIpc) is 2.62. The van der Waals surface area contributed by atoms with Crippen LogP contribution >= 0.6 is 11.6 Å². The molecule has 1 amide bonds. The highest BCUT2D eigenvalue weighted by atomic mass is 35.5. The zero-order valence-corrected chi connectivity index (χ0v) is 13.5. The molecule has 2 aromatic rings. The summed E-state index contributed by atoms with van der Waals surface area (Å²) < 4.78 is 0. The van der Waals surface area contributed by atoms with E-state index in [0.29, 0.717) is 5.69 Å². The van der Waals surface area contributed by atoms with Gasteiger partial charge in [0, 0.05) is 36.9 Å². The number of nitro benzene ring substituents is 1. The maximum atomic E-state index is 12.0. The number of nitrogens with one attached hydrogen (secondary N) is 2. The first kappa shape index (κ1) is 17.9. The van der Waals surface area contributed by atoms with Gasteiger partial charge in [0.25, 0.3) is 11.6 Å². The number of nitro groups is 1. The second kappa shape index (κ2) is 8.42. The van der Waals surface area contributed by atoms with Gasteiger partial charge in [-0.1, -0.05) is 17.7 Å². The molecule has 0 radical (unpaired) electrons. The van der Waals surface area contributed by atoms with E-state index in [1.165, 1.54) is 24.4 Å². The Morgan fingerprint density at radius 3 is 2.88 bits per heavy atom. The lowest BCUT2D eigenvalue weighted by Crippen LogP contribution is -2.24. The highest BCUT2D eigenvalue weighted by Crippen LogP contribution is 2.27. The van der Waals surface area contributed by atoms with Crippen LogP contribution in [-0.4, -0.2) is 15.8 Å². The van der Waals surface area contributed by atoms with Crippen LogP contribution in [0.1, 0.15) is 5.56 Å². The van der Waals surface area contributed by atoms with E-state index >= 15 is 0 Å². The standard InChI is InChI=1S/C16H12ClN5O3/c17-14-4-3-13(6-15(14)22(24)25)20-10-12(7-18)16(23)21-9-11-2-1-5-19-8-11/h1-6,8,10,20H,9H2,(H,21,23)/b12-10-. The number of anilines is 1. The maximum absolute atomic E-state index is 12.0. The van der Waals surface area contributed by atoms with Gasteiger partial charge >= 0.3 is 0 Å². The van der Waals surface area contributed by atoms with E-state index in [-0.39, 0.29) is 22.8 Å². The Morgan fingerprint density at radius 2 is 2.24 bits per heavy atom. The number of rotatable bonds is 6. The largest absolute Gasteiger partial charge is 0.360 e. The molecular formula is C16H12ClN5O3. The molecule has 0 fully saturated rings. The second-order valence-electron chi connectivity index (χ2n) is 4.78. The van der Waals surface area contributed by atoms with Crippen molar-refractivity contribution in [3.63, 3.8) is 0 Å². The third kappa shape index (κ3) is 5.02. The van der Waals surface area contributed by atoms with Crippen LogP contribution in [0.4, 0.5) is 11.4 Å². The quantitative estimate of drug-likeness (QED) is 0.355. The van der Waals surface area contributed by atoms with Crippen molar-refractivity contribution < 1.29 is 9.72 Å². The van der Waals surface area contributed by atoms with Crippen LogP contribution in [0, 0.1) is 21.4 Å². The normalized spacial score (nSPS) is 10.6. The summed E-state index contributed by atoms with van der Waals surface area (Å²) in [6, 6.07) is 9.34. The number of pyridine rings is 1. The van der Waals surface area contributed by atoms with Crippen molar-refractivity contribution in [3.8, 4) is 6.07 Å². The summed E-state index contributed by atoms with van der Waals surface area (Å²) in [6.07, 6.45) is 4.38. The lowest BCUT2D eigenvalue weighted by molar-refractivity contribution is -0.384. The molecule has 0 saturated carbocycles. The molecule has 9 heteroatoms. The molecule has 1 aromatic heterocycles. The molecule has 0 saturated heterocycles. The molecular weight excluding hydrogens is 346 g/mol. The predicted octanol–water partition coefficient (Wildman–Crippen LogP) is 2.78. The number of carbonyl (C=O) groups is 1. The number of nitrogens with zero attached hydrogens (tertiary/aromatic N) is 3. The third-order valence-corrected chi connectivity index (χ3v) is 3.39. The summed E-state index contributed by atoms with van der Waals surface area (Å²) in [5.74, 6) is -0.581. The van der Waals surface area contributed by atoms with Crippen molar-refractivity contribution >= 4 is 28.9 Å². The summed E-state index contributed by atoms with van der Waals surface area (Å²) in [5.41, 5.74) is 0.652. The number of aromatic nitrogens is 1. The fraction of sp³-hybridized carbons (Fsp3) is 0.0625. The fourth-order valence-corrected chi connectivity index (χ4v) is 2.01. The lowest BCUT2D eigenvalue weighted by atomic mass is 10.2. The predicted molar refractivity (Wildman–Crippen MR) is 91.5 cm³/mol. The summed E-state index contributed by atoms with van der Waals surface area (Å²) >= 11 is 5.72. The van der Waals surface area contributed by atoms with Gasteiger partial charge in [-0.05, 0) is 23.8 Å². The van der Waals surface area contributed by atoms with E-state index in [0.717, 1.165) is 5.56 Å². The zero-order valence-electron chi connectivity index (χ0n) is 12.8. The molecule has 0 atom stereocenters. The number of nitriles is 1. The molecule has 8 nitrogen and oxygen atoms in total. The van der Waals surface area contributed by atoms with Gasteiger partial charge in [0.15, 0.2) is 0 Å². The molecule has 0 aliphatic heterocycles. The smallest absolute Gasteiger partial charge is 0.289 e. The van der Waals surface area contributed by atoms with Crippen LogP contribution in [-0.2, 0) is 11.3 Å². The summed E-state index contributed by atoms with van der Waals surface area (Å²) in [6.45, 7) is 0.220. The van der Waals surface area contributed by atoms with Gasteiger partial charge in [-0.25, -0.2) is 0 Å². The third-order valence-electron chi connectivity index (χ3n) is 3.07. The molecule has 1 aromatic carbocycles. The van der Waals surface area contributed by atoms with Crippen LogP contribution < -0.4 is 10.6 Å². The maximum Gasteiger partial charge on any atom is 0.289 e. The minimum absolute atomic E-state index is 0.00532. The van der Waals surface area contributed by atoms with Gasteiger partial charge < -0.3 is 10.6 Å². The molecule has 0 aliphatic rings. The number of hydrogen-bond acceptors (Lipinski definition) is 6. The molecule has 0 bridgehead atoms. The van der Waals surface area contributed by atoms with Crippen LogP contribution in [0.5, 0.6) is 0 Å². The molecule has 2 N–H and O–H groups in total. The van der Waals surface area contributed by atoms with E-state index in [2.05, 4.69) is 15.6 Å². The van der Waals surface area contributed by atoms with Crippen molar-refractivity contribution in [2.45, 2.75) is 6.54 Å². The number of hydrogen-bond donors (Lipinski definition) is 2. The molecule has 0 unspecified atom stereocenters. The van der Waals surface area contributed by atoms with E-state index in [9.17, 15) is 14.9 Å². The topological polar surface area (TPSA) is 121 Å². The number of amides is 1. The number of halogens is 1. The van der Waals surface area contributed by atoms with Crippen LogP contribution in [0.15, 0.2) is 54.5 Å². The van der Waals surface area contributed by atoms with Gasteiger partial charge in [-0.3, -0.25) is 19.9 Å². The molecule has 25 heavy (non-hydrogen) atoms. The molecule has 126 valence electrons. The lowest BCUT2D eigenvalue weighted by Gasteiger charge is -2.05. The monoisotopic (exact) mass is 357 g/mol. The van der Waals surface area contributed by atoms with Crippen LogP contribution in [0.2, 0.25) is 5.02 Å². The van der Waals surface area contributed by atoms with E-state index in [1.54, 1.807) is 30.6 Å². The minimum Gasteiger partial charge on any atom is -0.360 e. The van der Waals surface area contributed by atoms with Crippen molar-refractivity contribution in [1.82, 2.24) is 10.3 Å². The highest BCUT2D eigenvalue weighted by molar-refractivity contribution is 6.32. The van der Waals surface area contributed by atoms with Crippen molar-refractivity contribution in [3.05, 3.63) is 75.2 Å². The number of benzene rings is 1. The van der Waals surface area contributed by atoms with E-state index in [4.69, 9.17) is 16.9 Å². The molecule has 2 rings (SSSR count). The zero-order chi connectivity index (χ0) is 18.2. The molecule has 1 heterocycles. The Morgan fingerprint density at radius 1 is 1.44 bits per heavy atom. The van der Waals surface area contributed by atoms with E-state index in [1.807, 2.05) is 0 Å². The van der Waals surface area contributed by atoms with Gasteiger partial charge in [-0.2, -0.15) is 5.26 Å². The SMILES string of the molecule is N#C/C(=C/Nc1ccc(Cl)c([N+](=O)[O-])c1)C(=O)NCc1cccnc1. The van der Waals surface area contributed by atoms with Gasteiger partial charge in [0.1, 0.15) is 16.7 Å². The molecule has 0 spiro atoms. The van der Waals surface area contributed by atoms with Crippen LogP contribution in [0.25, 0.3) is 0 Å². The number of carbonyl (C=O) groups excluding carboxylic acids is 1. The first-order valence-electron chi connectivity index (χ1n) is 6.99. The van der Waals surface area contributed by atoms with Gasteiger partial charge in [0.2, 0.25) is 0 Å². The van der Waals surface area contributed by atoms with Gasteiger partial charge in [-0.15, -0.1) is 0 Å². The Labute approximate surface area is 147 Å². The summed E-state index contributed by atoms with van der Waals surface area (Å²) in [7, 11) is 0. The first-order chi connectivity index (χ1) is 12.0. The molecule has 0 aliphatic carbocycles. The fourth-order valence-electron chi connectivity index (χ4n) is 1.83. The Bertz CT molecular complexity index is 862. The second-order valence-corrected chi connectivity index (χ2v) is 5.19. The highest BCUT2D eigenvalue weighted by Gasteiger charge is 2.13. The average molecular weight is 358 g/mol. The summed E-state index contributed by atoms with van der Waals surface area (Å²) in [5, 5.41) is 25.2.